The highest BCUT2D eigenvalue weighted by Crippen LogP contribution is 2.30. The Morgan fingerprint density at radius 2 is 1.96 bits per heavy atom. The van der Waals surface area contributed by atoms with Crippen molar-refractivity contribution in [1.29, 1.82) is 0 Å². The molecule has 1 aromatic heterocycles. The number of aromatic nitrogens is 2. The topological polar surface area (TPSA) is 41.3 Å². The Kier molecular flexibility index (Phi) is 4.91. The lowest BCUT2D eigenvalue weighted by atomic mass is 9.96. The second-order valence-electron chi connectivity index (χ2n) is 6.14. The van der Waals surface area contributed by atoms with Crippen LogP contribution in [0, 0.1) is 0 Å². The van der Waals surface area contributed by atoms with Gasteiger partial charge in [0.1, 0.15) is 0 Å². The van der Waals surface area contributed by atoms with Crippen molar-refractivity contribution in [3.05, 3.63) is 48.3 Å². The SMILES string of the molecule is O[C@@H]([C@@H]1CCCCN1Cc1ccc(-n2cccn2)cc1)C(F)(F)F. The van der Waals surface area contributed by atoms with Gasteiger partial charge >= 0.3 is 6.18 Å². The number of halogens is 3. The third-order valence-electron chi connectivity index (χ3n) is 4.46. The lowest BCUT2D eigenvalue weighted by Gasteiger charge is -2.39. The van der Waals surface area contributed by atoms with Crippen LogP contribution in [0.2, 0.25) is 0 Å². The van der Waals surface area contributed by atoms with Crippen molar-refractivity contribution in [2.45, 2.75) is 44.1 Å². The first kappa shape index (κ1) is 17.0. The second kappa shape index (κ2) is 6.94. The molecule has 0 amide bonds. The van der Waals surface area contributed by atoms with E-state index < -0.39 is 18.3 Å². The third-order valence-corrected chi connectivity index (χ3v) is 4.46. The number of piperidine rings is 1. The number of hydrogen-bond donors (Lipinski definition) is 1. The molecule has 0 spiro atoms. The van der Waals surface area contributed by atoms with Crippen molar-refractivity contribution in [3.8, 4) is 5.69 Å². The maximum atomic E-state index is 12.9. The fourth-order valence-corrected chi connectivity index (χ4v) is 3.20. The van der Waals surface area contributed by atoms with Gasteiger partial charge in [-0.2, -0.15) is 18.3 Å². The van der Waals surface area contributed by atoms with E-state index in [2.05, 4.69) is 5.10 Å². The second-order valence-corrected chi connectivity index (χ2v) is 6.14. The van der Waals surface area contributed by atoms with Crippen LogP contribution in [0.4, 0.5) is 13.2 Å². The van der Waals surface area contributed by atoms with Crippen molar-refractivity contribution in [2.75, 3.05) is 6.54 Å². The molecule has 7 heteroatoms. The summed E-state index contributed by atoms with van der Waals surface area (Å²) in [5.74, 6) is 0. The van der Waals surface area contributed by atoms with Crippen LogP contribution in [-0.4, -0.2) is 44.7 Å². The fraction of sp³-hybridized carbons (Fsp3) is 0.471. The number of alkyl halides is 3. The van der Waals surface area contributed by atoms with Gasteiger partial charge in [0.15, 0.2) is 6.10 Å². The third kappa shape index (κ3) is 3.79. The van der Waals surface area contributed by atoms with Crippen molar-refractivity contribution in [3.63, 3.8) is 0 Å². The Balaban J connectivity index is 1.71. The smallest absolute Gasteiger partial charge is 0.382 e. The number of rotatable bonds is 4. The molecule has 0 saturated carbocycles. The standard InChI is InChI=1S/C17H20F3N3O/c18-17(19,20)16(24)15-4-1-2-10-22(15)12-13-5-7-14(8-6-13)23-11-3-9-21-23/h3,5-9,11,15-16,24H,1-2,4,10,12H2/t15-,16-/m0/s1. The fourth-order valence-electron chi connectivity index (χ4n) is 3.20. The zero-order valence-electron chi connectivity index (χ0n) is 13.2. The molecule has 0 radical (unpaired) electrons. The van der Waals surface area contributed by atoms with Gasteiger partial charge in [0, 0.05) is 25.0 Å². The Labute approximate surface area is 138 Å². The Morgan fingerprint density at radius 3 is 2.58 bits per heavy atom. The Morgan fingerprint density at radius 1 is 1.21 bits per heavy atom. The average molecular weight is 339 g/mol. The van der Waals surface area contributed by atoms with Gasteiger partial charge in [0.25, 0.3) is 0 Å². The number of nitrogens with zero attached hydrogens (tertiary/aromatic N) is 3. The zero-order valence-corrected chi connectivity index (χ0v) is 13.2. The molecule has 3 rings (SSSR count). The highest BCUT2D eigenvalue weighted by Gasteiger charge is 2.46. The molecule has 130 valence electrons. The summed E-state index contributed by atoms with van der Waals surface area (Å²) in [7, 11) is 0. The van der Waals surface area contributed by atoms with Gasteiger partial charge in [-0.05, 0) is 43.1 Å². The van der Waals surface area contributed by atoms with Gasteiger partial charge in [-0.1, -0.05) is 18.6 Å². The van der Waals surface area contributed by atoms with E-state index in [0.29, 0.717) is 25.9 Å². The van der Waals surface area contributed by atoms with E-state index in [1.165, 1.54) is 0 Å². The lowest BCUT2D eigenvalue weighted by molar-refractivity contribution is -0.225. The Hall–Kier alpha value is -1.86. The molecule has 0 unspecified atom stereocenters. The predicted octanol–water partition coefficient (Wildman–Crippen LogP) is 3.15. The molecule has 4 nitrogen and oxygen atoms in total. The molecule has 2 heterocycles. The summed E-state index contributed by atoms with van der Waals surface area (Å²) in [6.45, 7) is 0.968. The maximum Gasteiger partial charge on any atom is 0.415 e. The molecule has 24 heavy (non-hydrogen) atoms. The quantitative estimate of drug-likeness (QED) is 0.930. The van der Waals surface area contributed by atoms with Crippen LogP contribution in [0.1, 0.15) is 24.8 Å². The highest BCUT2D eigenvalue weighted by molar-refractivity contribution is 5.33. The van der Waals surface area contributed by atoms with Crippen molar-refractivity contribution < 1.29 is 18.3 Å². The largest absolute Gasteiger partial charge is 0.415 e. The van der Waals surface area contributed by atoms with Crippen LogP contribution in [0.3, 0.4) is 0 Å². The normalized spacial score (nSPS) is 20.9. The van der Waals surface area contributed by atoms with Crippen LogP contribution in [0.5, 0.6) is 0 Å². The number of aliphatic hydroxyl groups is 1. The number of aliphatic hydroxyl groups excluding tert-OH is 1. The molecule has 0 aliphatic carbocycles. The van der Waals surface area contributed by atoms with Crippen LogP contribution in [0.25, 0.3) is 5.69 Å². The van der Waals surface area contributed by atoms with E-state index in [0.717, 1.165) is 17.7 Å². The predicted molar refractivity (Wildman–Crippen MR) is 83.7 cm³/mol. The summed E-state index contributed by atoms with van der Waals surface area (Å²) in [5, 5.41) is 13.8. The molecule has 2 aromatic rings. The average Bonchev–Trinajstić information content (AvgIpc) is 3.09. The highest BCUT2D eigenvalue weighted by atomic mass is 19.4. The van der Waals surface area contributed by atoms with Gasteiger partial charge in [0.05, 0.1) is 5.69 Å². The monoisotopic (exact) mass is 339 g/mol. The molecule has 0 bridgehead atoms. The van der Waals surface area contributed by atoms with E-state index in [1.54, 1.807) is 15.8 Å². The van der Waals surface area contributed by atoms with E-state index in [1.807, 2.05) is 36.5 Å². The van der Waals surface area contributed by atoms with Gasteiger partial charge in [-0.3, -0.25) is 4.90 Å². The van der Waals surface area contributed by atoms with Gasteiger partial charge < -0.3 is 5.11 Å². The molecule has 1 saturated heterocycles. The van der Waals surface area contributed by atoms with Crippen molar-refractivity contribution in [1.82, 2.24) is 14.7 Å². The van der Waals surface area contributed by atoms with Gasteiger partial charge in [0.2, 0.25) is 0 Å². The summed E-state index contributed by atoms with van der Waals surface area (Å²) in [5.41, 5.74) is 1.82. The van der Waals surface area contributed by atoms with E-state index in [-0.39, 0.29) is 0 Å². The summed E-state index contributed by atoms with van der Waals surface area (Å²) in [6.07, 6.45) is -1.42. The minimum Gasteiger partial charge on any atom is -0.382 e. The number of benzene rings is 1. The van der Waals surface area contributed by atoms with Crippen LogP contribution in [-0.2, 0) is 6.54 Å². The number of hydrogen-bond acceptors (Lipinski definition) is 3. The molecular formula is C17H20F3N3O. The van der Waals surface area contributed by atoms with Crippen LogP contribution >= 0.6 is 0 Å². The molecule has 1 fully saturated rings. The number of likely N-dealkylation sites (tertiary alicyclic amines) is 1. The zero-order chi connectivity index (χ0) is 17.2. The van der Waals surface area contributed by atoms with Gasteiger partial charge in [-0.15, -0.1) is 0 Å². The molecule has 1 aromatic carbocycles. The Bertz CT molecular complexity index is 640. The first-order valence-electron chi connectivity index (χ1n) is 8.03. The summed E-state index contributed by atoms with van der Waals surface area (Å²) in [4.78, 5) is 1.74. The minimum atomic E-state index is -4.58. The molecule has 1 aliphatic rings. The van der Waals surface area contributed by atoms with E-state index in [9.17, 15) is 18.3 Å². The molecule has 1 aliphatic heterocycles. The lowest BCUT2D eigenvalue weighted by Crippen LogP contribution is -2.51. The van der Waals surface area contributed by atoms with E-state index >= 15 is 0 Å². The summed E-state index contributed by atoms with van der Waals surface area (Å²) >= 11 is 0. The summed E-state index contributed by atoms with van der Waals surface area (Å²) in [6, 6.07) is 8.52. The summed E-state index contributed by atoms with van der Waals surface area (Å²) < 4.78 is 40.3. The van der Waals surface area contributed by atoms with Crippen LogP contribution in [0.15, 0.2) is 42.7 Å². The van der Waals surface area contributed by atoms with Crippen molar-refractivity contribution >= 4 is 0 Å². The molecular weight excluding hydrogens is 319 g/mol. The molecule has 2 atom stereocenters. The van der Waals surface area contributed by atoms with E-state index in [4.69, 9.17) is 0 Å². The van der Waals surface area contributed by atoms with Gasteiger partial charge in [-0.25, -0.2) is 4.68 Å². The molecule has 1 N–H and O–H groups in total. The maximum absolute atomic E-state index is 12.9. The minimum absolute atomic E-state index is 0.367. The van der Waals surface area contributed by atoms with Crippen LogP contribution < -0.4 is 0 Å². The first-order chi connectivity index (χ1) is 11.4. The first-order valence-corrected chi connectivity index (χ1v) is 8.03. The van der Waals surface area contributed by atoms with Crippen molar-refractivity contribution in [2.24, 2.45) is 0 Å².